The summed E-state index contributed by atoms with van der Waals surface area (Å²) in [5.41, 5.74) is -0.771. The third kappa shape index (κ3) is 6.91. The van der Waals surface area contributed by atoms with Crippen LogP contribution in [0, 0.1) is 10.8 Å². The Kier molecular flexibility index (Phi) is 7.57. The number of hydrogen-bond acceptors (Lipinski definition) is 7. The molecule has 1 radical (unpaired) electrons. The first-order valence-corrected chi connectivity index (χ1v) is 6.03. The molecule has 1 unspecified atom stereocenters. The molecule has 7 nitrogen and oxygen atoms in total. The van der Waals surface area contributed by atoms with Crippen molar-refractivity contribution in [2.24, 2.45) is 5.41 Å². The number of carbonyl (C=O) groups is 3. The van der Waals surface area contributed by atoms with Crippen molar-refractivity contribution in [3.63, 3.8) is 0 Å². The minimum absolute atomic E-state index is 0.0662. The van der Waals surface area contributed by atoms with E-state index in [2.05, 4.69) is 14.1 Å². The van der Waals surface area contributed by atoms with E-state index in [-0.39, 0.29) is 12.8 Å². The van der Waals surface area contributed by atoms with Crippen LogP contribution in [0.2, 0.25) is 5.82 Å². The van der Waals surface area contributed by atoms with E-state index in [0.717, 1.165) is 7.48 Å². The summed E-state index contributed by atoms with van der Waals surface area (Å²) in [6.07, 6.45) is 0.577. The maximum atomic E-state index is 11.5. The molecule has 1 atom stereocenters. The minimum atomic E-state index is -0.807. The lowest BCUT2D eigenvalue weighted by Crippen LogP contribution is -2.26. The molecule has 20 heavy (non-hydrogen) atoms. The van der Waals surface area contributed by atoms with Crippen LogP contribution in [0.5, 0.6) is 0 Å². The summed E-state index contributed by atoms with van der Waals surface area (Å²) in [6, 6.07) is 0. The van der Waals surface area contributed by atoms with Crippen molar-refractivity contribution in [3.8, 4) is 0 Å². The number of nitrogens with one attached hydrogen (secondary N) is 1. The predicted octanol–water partition coefficient (Wildman–Crippen LogP) is 1.09. The molecule has 0 amide bonds. The van der Waals surface area contributed by atoms with Gasteiger partial charge in [0.25, 0.3) is 0 Å². The minimum Gasteiger partial charge on any atom is -0.555 e. The monoisotopic (exact) mass is 284 g/mol. The first kappa shape index (κ1) is 18.1. The van der Waals surface area contributed by atoms with E-state index in [9.17, 15) is 14.4 Å². The largest absolute Gasteiger partial charge is 0.555 e. The highest BCUT2D eigenvalue weighted by atomic mass is 16.6. The summed E-state index contributed by atoms with van der Waals surface area (Å²) >= 11 is 0. The first-order chi connectivity index (χ1) is 9.22. The molecular weight excluding hydrogens is 265 g/mol. The lowest BCUT2D eigenvalue weighted by Gasteiger charge is -2.16. The van der Waals surface area contributed by atoms with Crippen LogP contribution in [-0.4, -0.2) is 38.9 Å². The Hall–Kier alpha value is -1.86. The van der Waals surface area contributed by atoms with E-state index < -0.39 is 29.1 Å². The molecule has 0 fully saturated rings. The maximum Gasteiger partial charge on any atom is 0.386 e. The number of carbonyl (C=O) groups excluding carboxylic acids is 3. The second-order valence-corrected chi connectivity index (χ2v) is 5.07. The van der Waals surface area contributed by atoms with Gasteiger partial charge in [0, 0.05) is 6.42 Å². The number of methoxy groups -OCH3 is 1. The molecule has 0 aliphatic heterocycles. The summed E-state index contributed by atoms with van der Waals surface area (Å²) in [5.74, 6) is -2.75. The first-order valence-electron chi connectivity index (χ1n) is 6.03. The molecule has 111 valence electrons. The maximum absolute atomic E-state index is 11.5. The molecule has 0 saturated carbocycles. The number of ether oxygens (including phenoxy) is 2. The molecule has 0 aromatic carbocycles. The zero-order valence-corrected chi connectivity index (χ0v) is 12.1. The molecule has 0 aromatic heterocycles. The Morgan fingerprint density at radius 2 is 1.90 bits per heavy atom. The average Bonchev–Trinajstić information content (AvgIpc) is 2.36. The Morgan fingerprint density at radius 1 is 1.30 bits per heavy atom. The Bertz CT molecular complexity index is 377. The predicted molar refractivity (Wildman–Crippen MR) is 71.2 cm³/mol. The Balaban J connectivity index is 4.33. The van der Waals surface area contributed by atoms with Gasteiger partial charge in [-0.25, -0.2) is 0 Å². The smallest absolute Gasteiger partial charge is 0.386 e. The van der Waals surface area contributed by atoms with Gasteiger partial charge in [-0.1, -0.05) is 0 Å². The van der Waals surface area contributed by atoms with E-state index in [1.807, 2.05) is 0 Å². The summed E-state index contributed by atoms with van der Waals surface area (Å²) in [4.78, 5) is 34.4. The van der Waals surface area contributed by atoms with Crippen molar-refractivity contribution >= 4 is 31.8 Å². The molecule has 0 aromatic rings. The quantitative estimate of drug-likeness (QED) is 0.247. The second kappa shape index (κ2) is 8.34. The standard InChI is InChI=1S/C12H19BNO6/c1-12(2,3)11(17)20-9(15)6-5-8(10(16)18-4)13-19-7-14/h7-8,14H,5-6H2,1-4H3. The zero-order valence-electron chi connectivity index (χ0n) is 12.1. The van der Waals surface area contributed by atoms with Gasteiger partial charge in [0.15, 0.2) is 0 Å². The fraction of sp³-hybridized carbons (Fsp3) is 0.667. The van der Waals surface area contributed by atoms with Crippen LogP contribution in [0.3, 0.4) is 0 Å². The highest BCUT2D eigenvalue weighted by Gasteiger charge is 2.28. The Labute approximate surface area is 118 Å². The van der Waals surface area contributed by atoms with Crippen molar-refractivity contribution in [2.75, 3.05) is 7.11 Å². The van der Waals surface area contributed by atoms with Crippen molar-refractivity contribution < 1.29 is 28.5 Å². The van der Waals surface area contributed by atoms with Crippen LogP contribution in [-0.2, 0) is 28.5 Å². The molecule has 0 heterocycles. The van der Waals surface area contributed by atoms with Crippen molar-refractivity contribution in [2.45, 2.75) is 39.4 Å². The fourth-order valence-electron chi connectivity index (χ4n) is 1.11. The summed E-state index contributed by atoms with van der Waals surface area (Å²) in [6.45, 7) is 4.89. The zero-order chi connectivity index (χ0) is 15.8. The van der Waals surface area contributed by atoms with Gasteiger partial charge in [-0.05, 0) is 27.2 Å². The molecule has 0 aliphatic rings. The van der Waals surface area contributed by atoms with Crippen LogP contribution < -0.4 is 0 Å². The molecule has 0 spiro atoms. The Morgan fingerprint density at radius 3 is 2.35 bits per heavy atom. The van der Waals surface area contributed by atoms with E-state index in [0.29, 0.717) is 6.40 Å². The van der Waals surface area contributed by atoms with Gasteiger partial charge < -0.3 is 14.1 Å². The number of hydrogen-bond donors (Lipinski definition) is 1. The highest BCUT2D eigenvalue weighted by molar-refractivity contribution is 6.38. The average molecular weight is 284 g/mol. The molecule has 0 bridgehead atoms. The number of esters is 3. The molecule has 1 N–H and O–H groups in total. The van der Waals surface area contributed by atoms with E-state index in [1.165, 1.54) is 7.11 Å². The summed E-state index contributed by atoms with van der Waals surface area (Å²) in [5, 5.41) is 6.70. The van der Waals surface area contributed by atoms with Gasteiger partial charge in [-0.2, -0.15) is 0 Å². The topological polar surface area (TPSA) is 103 Å². The normalized spacial score (nSPS) is 12.0. The van der Waals surface area contributed by atoms with Gasteiger partial charge in [-0.15, -0.1) is 0 Å². The molecular formula is C12H19BNO6. The van der Waals surface area contributed by atoms with Crippen LogP contribution in [0.1, 0.15) is 33.6 Å². The van der Waals surface area contributed by atoms with Gasteiger partial charge >= 0.3 is 25.4 Å². The molecule has 0 aliphatic carbocycles. The third-order valence-corrected chi connectivity index (χ3v) is 2.29. The van der Waals surface area contributed by atoms with E-state index >= 15 is 0 Å². The fourth-order valence-corrected chi connectivity index (χ4v) is 1.11. The lowest BCUT2D eigenvalue weighted by atomic mass is 9.77. The van der Waals surface area contributed by atoms with Crippen LogP contribution in [0.4, 0.5) is 0 Å². The van der Waals surface area contributed by atoms with Gasteiger partial charge in [-0.3, -0.25) is 19.8 Å². The highest BCUT2D eigenvalue weighted by Crippen LogP contribution is 2.18. The van der Waals surface area contributed by atoms with E-state index in [1.54, 1.807) is 20.8 Å². The molecule has 0 rings (SSSR count). The van der Waals surface area contributed by atoms with Gasteiger partial charge in [0.1, 0.15) is 6.40 Å². The van der Waals surface area contributed by atoms with Crippen LogP contribution >= 0.6 is 0 Å². The van der Waals surface area contributed by atoms with Crippen molar-refractivity contribution in [1.82, 2.24) is 0 Å². The lowest BCUT2D eigenvalue weighted by molar-refractivity contribution is -0.165. The summed E-state index contributed by atoms with van der Waals surface area (Å²) < 4.78 is 13.8. The van der Waals surface area contributed by atoms with Crippen LogP contribution in [0.15, 0.2) is 0 Å². The number of rotatable bonds is 7. The SMILES string of the molecule is COC(=O)C([B]OC=N)CCC(=O)OC(=O)C(C)(C)C. The third-order valence-electron chi connectivity index (χ3n) is 2.29. The van der Waals surface area contributed by atoms with Crippen molar-refractivity contribution in [1.29, 1.82) is 5.41 Å². The van der Waals surface area contributed by atoms with Gasteiger partial charge in [0.05, 0.1) is 18.3 Å². The van der Waals surface area contributed by atoms with E-state index in [4.69, 9.17) is 5.41 Å². The van der Waals surface area contributed by atoms with Crippen molar-refractivity contribution in [3.05, 3.63) is 0 Å². The summed E-state index contributed by atoms with van der Waals surface area (Å²) in [7, 11) is 2.30. The van der Waals surface area contributed by atoms with Gasteiger partial charge in [0.2, 0.25) is 0 Å². The molecule has 8 heteroatoms. The van der Waals surface area contributed by atoms with Crippen LogP contribution in [0.25, 0.3) is 0 Å². The molecule has 0 saturated heterocycles. The second-order valence-electron chi connectivity index (χ2n) is 5.07.